The smallest absolute Gasteiger partial charge is 0.227 e. The van der Waals surface area contributed by atoms with Crippen LogP contribution in [0, 0.1) is 5.41 Å². The average molecular weight is 278 g/mol. The van der Waals surface area contributed by atoms with Crippen LogP contribution in [0.15, 0.2) is 18.7 Å². The summed E-state index contributed by atoms with van der Waals surface area (Å²) >= 11 is 0. The minimum Gasteiger partial charge on any atom is -0.356 e. The standard InChI is InChI=1S/C15H26N4O/c16-12-15(6-3-1-2-4-7-15)14(20)18-8-5-10-19-11-9-17-13-19/h9,11,13H,1-8,10,12,16H2,(H,18,20). The molecule has 0 atom stereocenters. The van der Waals surface area contributed by atoms with Crippen molar-refractivity contribution < 1.29 is 4.79 Å². The predicted molar refractivity (Wildman–Crippen MR) is 79.0 cm³/mol. The molecule has 0 spiro atoms. The summed E-state index contributed by atoms with van der Waals surface area (Å²) in [5.41, 5.74) is 5.60. The van der Waals surface area contributed by atoms with E-state index in [1.165, 1.54) is 12.8 Å². The summed E-state index contributed by atoms with van der Waals surface area (Å²) in [7, 11) is 0. The molecule has 0 unspecified atom stereocenters. The molecule has 1 aromatic heterocycles. The van der Waals surface area contributed by atoms with E-state index in [4.69, 9.17) is 5.73 Å². The number of imidazole rings is 1. The lowest BCUT2D eigenvalue weighted by atomic mass is 9.79. The van der Waals surface area contributed by atoms with Crippen molar-refractivity contribution in [2.75, 3.05) is 13.1 Å². The SMILES string of the molecule is NCC1(C(=O)NCCCn2ccnc2)CCCCCC1. The third-order valence-electron chi connectivity index (χ3n) is 4.37. The Morgan fingerprint density at radius 3 is 2.65 bits per heavy atom. The second-order valence-electron chi connectivity index (χ2n) is 5.81. The van der Waals surface area contributed by atoms with Crippen LogP contribution in [-0.4, -0.2) is 28.5 Å². The number of aromatic nitrogens is 2. The maximum absolute atomic E-state index is 12.5. The fraction of sp³-hybridized carbons (Fsp3) is 0.733. The van der Waals surface area contributed by atoms with Crippen molar-refractivity contribution in [3.05, 3.63) is 18.7 Å². The normalized spacial score (nSPS) is 18.4. The lowest BCUT2D eigenvalue weighted by molar-refractivity contribution is -0.131. The number of aryl methyl sites for hydroxylation is 1. The quantitative estimate of drug-likeness (QED) is 0.614. The third-order valence-corrected chi connectivity index (χ3v) is 4.37. The Bertz CT molecular complexity index is 394. The van der Waals surface area contributed by atoms with E-state index in [0.29, 0.717) is 13.1 Å². The number of carbonyl (C=O) groups is 1. The molecule has 20 heavy (non-hydrogen) atoms. The molecule has 5 heteroatoms. The predicted octanol–water partition coefficient (Wildman–Crippen LogP) is 1.69. The van der Waals surface area contributed by atoms with Gasteiger partial charge >= 0.3 is 0 Å². The zero-order chi connectivity index (χ0) is 14.3. The minimum atomic E-state index is -0.314. The Labute approximate surface area is 120 Å². The molecule has 1 aliphatic rings. The number of rotatable bonds is 6. The Kier molecular flexibility index (Phi) is 5.59. The summed E-state index contributed by atoms with van der Waals surface area (Å²) in [6.07, 6.45) is 13.0. The van der Waals surface area contributed by atoms with E-state index in [1.54, 1.807) is 12.5 Å². The van der Waals surface area contributed by atoms with Crippen molar-refractivity contribution in [1.29, 1.82) is 0 Å². The van der Waals surface area contributed by atoms with Crippen molar-refractivity contribution in [3.8, 4) is 0 Å². The van der Waals surface area contributed by atoms with Gasteiger partial charge < -0.3 is 15.6 Å². The van der Waals surface area contributed by atoms with Gasteiger partial charge in [0.15, 0.2) is 0 Å². The van der Waals surface area contributed by atoms with Crippen LogP contribution in [0.25, 0.3) is 0 Å². The lowest BCUT2D eigenvalue weighted by Crippen LogP contribution is -2.46. The Balaban J connectivity index is 1.77. The first-order valence-electron chi connectivity index (χ1n) is 7.71. The van der Waals surface area contributed by atoms with E-state index in [2.05, 4.69) is 10.3 Å². The van der Waals surface area contributed by atoms with Gasteiger partial charge in [0, 0.05) is 32.0 Å². The summed E-state index contributed by atoms with van der Waals surface area (Å²) < 4.78 is 2.02. The van der Waals surface area contributed by atoms with Crippen molar-refractivity contribution in [2.45, 2.75) is 51.5 Å². The molecule has 1 aromatic rings. The number of nitrogens with one attached hydrogen (secondary N) is 1. The molecule has 1 fully saturated rings. The van der Waals surface area contributed by atoms with Gasteiger partial charge in [0.05, 0.1) is 11.7 Å². The summed E-state index contributed by atoms with van der Waals surface area (Å²) in [4.78, 5) is 16.5. The van der Waals surface area contributed by atoms with Crippen LogP contribution in [0.3, 0.4) is 0 Å². The van der Waals surface area contributed by atoms with E-state index >= 15 is 0 Å². The summed E-state index contributed by atoms with van der Waals surface area (Å²) in [5.74, 6) is 0.160. The van der Waals surface area contributed by atoms with E-state index in [0.717, 1.165) is 38.6 Å². The van der Waals surface area contributed by atoms with Crippen LogP contribution in [0.4, 0.5) is 0 Å². The molecular formula is C15H26N4O. The van der Waals surface area contributed by atoms with Crippen molar-refractivity contribution in [2.24, 2.45) is 11.1 Å². The van der Waals surface area contributed by atoms with Gasteiger partial charge in [-0.15, -0.1) is 0 Å². The molecule has 3 N–H and O–H groups in total. The van der Waals surface area contributed by atoms with E-state index in [1.807, 2.05) is 10.8 Å². The van der Waals surface area contributed by atoms with Gasteiger partial charge in [-0.1, -0.05) is 25.7 Å². The maximum atomic E-state index is 12.5. The first-order chi connectivity index (χ1) is 9.77. The maximum Gasteiger partial charge on any atom is 0.227 e. The largest absolute Gasteiger partial charge is 0.356 e. The number of carbonyl (C=O) groups excluding carboxylic acids is 1. The number of nitrogens with zero attached hydrogens (tertiary/aromatic N) is 2. The molecule has 112 valence electrons. The van der Waals surface area contributed by atoms with Gasteiger partial charge in [-0.3, -0.25) is 4.79 Å². The number of hydrogen-bond acceptors (Lipinski definition) is 3. The van der Waals surface area contributed by atoms with Crippen LogP contribution in [0.1, 0.15) is 44.9 Å². The van der Waals surface area contributed by atoms with Gasteiger partial charge in [0.25, 0.3) is 0 Å². The van der Waals surface area contributed by atoms with Crippen molar-refractivity contribution >= 4 is 5.91 Å². The minimum absolute atomic E-state index is 0.160. The molecule has 0 aromatic carbocycles. The third kappa shape index (κ3) is 3.82. The topological polar surface area (TPSA) is 72.9 Å². The lowest BCUT2D eigenvalue weighted by Gasteiger charge is -2.29. The van der Waals surface area contributed by atoms with Crippen LogP contribution >= 0.6 is 0 Å². The molecule has 1 amide bonds. The summed E-state index contributed by atoms with van der Waals surface area (Å²) in [6.45, 7) is 2.06. The Morgan fingerprint density at radius 2 is 2.05 bits per heavy atom. The molecule has 1 aliphatic carbocycles. The average Bonchev–Trinajstić information content (AvgIpc) is 2.86. The second-order valence-corrected chi connectivity index (χ2v) is 5.81. The molecule has 0 bridgehead atoms. The first kappa shape index (κ1) is 15.0. The molecule has 5 nitrogen and oxygen atoms in total. The highest BCUT2D eigenvalue weighted by molar-refractivity contribution is 5.82. The Hall–Kier alpha value is -1.36. The first-order valence-corrected chi connectivity index (χ1v) is 7.71. The zero-order valence-electron chi connectivity index (χ0n) is 12.2. The van der Waals surface area contributed by atoms with E-state index < -0.39 is 0 Å². The number of hydrogen-bond donors (Lipinski definition) is 2. The molecule has 0 aliphatic heterocycles. The highest BCUT2D eigenvalue weighted by atomic mass is 16.2. The number of amides is 1. The van der Waals surface area contributed by atoms with Crippen molar-refractivity contribution in [1.82, 2.24) is 14.9 Å². The van der Waals surface area contributed by atoms with Crippen LogP contribution in [-0.2, 0) is 11.3 Å². The van der Waals surface area contributed by atoms with Crippen LogP contribution in [0.5, 0.6) is 0 Å². The van der Waals surface area contributed by atoms with Gasteiger partial charge in [0.2, 0.25) is 5.91 Å². The highest BCUT2D eigenvalue weighted by Gasteiger charge is 2.36. The zero-order valence-corrected chi connectivity index (χ0v) is 12.2. The fourth-order valence-electron chi connectivity index (χ4n) is 3.00. The molecule has 1 heterocycles. The Morgan fingerprint density at radius 1 is 1.30 bits per heavy atom. The van der Waals surface area contributed by atoms with Gasteiger partial charge in [-0.25, -0.2) is 4.98 Å². The molecular weight excluding hydrogens is 252 g/mol. The van der Waals surface area contributed by atoms with Crippen LogP contribution in [0.2, 0.25) is 0 Å². The van der Waals surface area contributed by atoms with Gasteiger partial charge in [-0.2, -0.15) is 0 Å². The van der Waals surface area contributed by atoms with Crippen LogP contribution < -0.4 is 11.1 Å². The van der Waals surface area contributed by atoms with Gasteiger partial charge in [-0.05, 0) is 19.3 Å². The molecule has 1 saturated carbocycles. The van der Waals surface area contributed by atoms with E-state index in [9.17, 15) is 4.79 Å². The van der Waals surface area contributed by atoms with E-state index in [-0.39, 0.29) is 11.3 Å². The number of nitrogens with two attached hydrogens (primary N) is 1. The van der Waals surface area contributed by atoms with Gasteiger partial charge in [0.1, 0.15) is 0 Å². The fourth-order valence-corrected chi connectivity index (χ4v) is 3.00. The molecule has 2 rings (SSSR count). The summed E-state index contributed by atoms with van der Waals surface area (Å²) in [5, 5.41) is 3.08. The second kappa shape index (κ2) is 7.43. The van der Waals surface area contributed by atoms with Crippen molar-refractivity contribution in [3.63, 3.8) is 0 Å². The summed E-state index contributed by atoms with van der Waals surface area (Å²) in [6, 6.07) is 0. The molecule has 0 saturated heterocycles. The highest BCUT2D eigenvalue weighted by Crippen LogP contribution is 2.34. The molecule has 0 radical (unpaired) electrons. The monoisotopic (exact) mass is 278 g/mol.